The molecule has 3 rings (SSSR count). The van der Waals surface area contributed by atoms with Crippen LogP contribution in [0.25, 0.3) is 10.9 Å². The highest BCUT2D eigenvalue weighted by Gasteiger charge is 2.15. The third-order valence-corrected chi connectivity index (χ3v) is 5.14. The fourth-order valence-electron chi connectivity index (χ4n) is 3.44. The van der Waals surface area contributed by atoms with Crippen molar-refractivity contribution >= 4 is 16.9 Å². The third kappa shape index (κ3) is 4.63. The molecule has 6 nitrogen and oxygen atoms in total. The number of rotatable bonds is 6. The lowest BCUT2D eigenvalue weighted by Crippen LogP contribution is -2.47. The molecule has 0 saturated carbocycles. The second-order valence-electron chi connectivity index (χ2n) is 7.47. The zero-order chi connectivity index (χ0) is 18.5. The number of para-hydroxylation sites is 1. The van der Waals surface area contributed by atoms with Crippen LogP contribution in [0.2, 0.25) is 0 Å². The molecular formula is C20H31N5O. The van der Waals surface area contributed by atoms with E-state index in [0.29, 0.717) is 6.54 Å². The second-order valence-corrected chi connectivity index (χ2v) is 7.47. The fraction of sp³-hybridized carbons (Fsp3) is 0.550. The molecule has 1 N–H and O–H groups in total. The van der Waals surface area contributed by atoms with Crippen molar-refractivity contribution in [3.8, 4) is 0 Å². The minimum Gasteiger partial charge on any atom is -0.336 e. The molecule has 0 bridgehead atoms. The minimum absolute atomic E-state index is 0.0357. The van der Waals surface area contributed by atoms with Crippen molar-refractivity contribution in [3.63, 3.8) is 0 Å². The standard InChI is InChI=1S/C20H31N5O/c1-22(2)10-8-17-16-25(19-7-5-4-6-18(17)19)20(26)21-9-11-24-14-12-23(3)13-15-24/h4-7,16H,8-15H2,1-3H3,(H,21,26). The molecule has 2 heterocycles. The topological polar surface area (TPSA) is 43.8 Å². The van der Waals surface area contributed by atoms with E-state index in [-0.39, 0.29) is 6.03 Å². The Kier molecular flexibility index (Phi) is 6.29. The van der Waals surface area contributed by atoms with Crippen molar-refractivity contribution in [2.75, 3.05) is 67.0 Å². The first kappa shape index (κ1) is 18.9. The molecule has 1 fully saturated rings. The van der Waals surface area contributed by atoms with Crippen molar-refractivity contribution in [2.24, 2.45) is 0 Å². The van der Waals surface area contributed by atoms with Gasteiger partial charge in [-0.25, -0.2) is 4.79 Å². The van der Waals surface area contributed by atoms with Gasteiger partial charge in [0.2, 0.25) is 0 Å². The molecule has 0 aliphatic carbocycles. The molecule has 142 valence electrons. The van der Waals surface area contributed by atoms with E-state index < -0.39 is 0 Å². The van der Waals surface area contributed by atoms with Crippen LogP contribution < -0.4 is 5.32 Å². The normalized spacial score (nSPS) is 16.5. The Morgan fingerprint density at radius 3 is 2.62 bits per heavy atom. The molecule has 0 spiro atoms. The zero-order valence-corrected chi connectivity index (χ0v) is 16.2. The van der Waals surface area contributed by atoms with Crippen LogP contribution in [0.15, 0.2) is 30.5 Å². The molecule has 1 saturated heterocycles. The molecule has 0 unspecified atom stereocenters. The lowest BCUT2D eigenvalue weighted by atomic mass is 10.1. The number of hydrogen-bond donors (Lipinski definition) is 1. The Bertz CT molecular complexity index is 731. The molecule has 1 aromatic heterocycles. The van der Waals surface area contributed by atoms with Gasteiger partial charge in [-0.1, -0.05) is 18.2 Å². The van der Waals surface area contributed by atoms with Gasteiger partial charge >= 0.3 is 6.03 Å². The van der Waals surface area contributed by atoms with Crippen LogP contribution in [0.5, 0.6) is 0 Å². The van der Waals surface area contributed by atoms with Crippen LogP contribution in [-0.4, -0.2) is 92.3 Å². The molecule has 6 heteroatoms. The summed E-state index contributed by atoms with van der Waals surface area (Å²) in [6.45, 7) is 6.92. The van der Waals surface area contributed by atoms with Crippen molar-refractivity contribution in [2.45, 2.75) is 6.42 Å². The van der Waals surface area contributed by atoms with Gasteiger partial charge in [0.1, 0.15) is 0 Å². The predicted molar refractivity (Wildman–Crippen MR) is 107 cm³/mol. The Balaban J connectivity index is 1.62. The SMILES string of the molecule is CN(C)CCc1cn(C(=O)NCCN2CCN(C)CC2)c2ccccc12. The van der Waals surface area contributed by atoms with Crippen LogP contribution in [-0.2, 0) is 6.42 Å². The van der Waals surface area contributed by atoms with E-state index >= 15 is 0 Å². The molecule has 1 aliphatic heterocycles. The van der Waals surface area contributed by atoms with E-state index in [0.717, 1.165) is 51.2 Å². The van der Waals surface area contributed by atoms with Gasteiger partial charge in [-0.05, 0) is 39.2 Å². The zero-order valence-electron chi connectivity index (χ0n) is 16.2. The van der Waals surface area contributed by atoms with Gasteiger partial charge in [0.25, 0.3) is 0 Å². The van der Waals surface area contributed by atoms with Gasteiger partial charge in [-0.3, -0.25) is 9.47 Å². The highest BCUT2D eigenvalue weighted by atomic mass is 16.2. The smallest absolute Gasteiger partial charge is 0.326 e. The monoisotopic (exact) mass is 357 g/mol. The van der Waals surface area contributed by atoms with Gasteiger partial charge in [0.05, 0.1) is 5.52 Å². The average Bonchev–Trinajstić information content (AvgIpc) is 3.00. The van der Waals surface area contributed by atoms with Crippen LogP contribution in [0.4, 0.5) is 4.79 Å². The summed E-state index contributed by atoms with van der Waals surface area (Å²) < 4.78 is 1.77. The average molecular weight is 358 g/mol. The Morgan fingerprint density at radius 1 is 1.15 bits per heavy atom. The Labute approximate surface area is 156 Å². The first-order chi connectivity index (χ1) is 12.5. The van der Waals surface area contributed by atoms with Crippen LogP contribution >= 0.6 is 0 Å². The quantitative estimate of drug-likeness (QED) is 0.852. The molecule has 1 amide bonds. The lowest BCUT2D eigenvalue weighted by Gasteiger charge is -2.32. The van der Waals surface area contributed by atoms with E-state index in [1.165, 1.54) is 10.9 Å². The van der Waals surface area contributed by atoms with Crippen LogP contribution in [0, 0.1) is 0 Å². The highest BCUT2D eigenvalue weighted by Crippen LogP contribution is 2.21. The molecule has 26 heavy (non-hydrogen) atoms. The fourth-order valence-corrected chi connectivity index (χ4v) is 3.44. The number of fused-ring (bicyclic) bond motifs is 1. The van der Waals surface area contributed by atoms with E-state index in [9.17, 15) is 4.79 Å². The molecule has 0 atom stereocenters. The molecule has 1 aliphatic rings. The van der Waals surface area contributed by atoms with Crippen molar-refractivity contribution < 1.29 is 4.79 Å². The number of carbonyl (C=O) groups excluding carboxylic acids is 1. The number of amides is 1. The number of nitrogens with zero attached hydrogens (tertiary/aromatic N) is 4. The number of likely N-dealkylation sites (N-methyl/N-ethyl adjacent to an activating group) is 2. The first-order valence-electron chi connectivity index (χ1n) is 9.47. The van der Waals surface area contributed by atoms with Crippen molar-refractivity contribution in [1.29, 1.82) is 0 Å². The summed E-state index contributed by atoms with van der Waals surface area (Å²) >= 11 is 0. The van der Waals surface area contributed by atoms with Crippen LogP contribution in [0.3, 0.4) is 0 Å². The summed E-state index contributed by atoms with van der Waals surface area (Å²) in [5, 5.41) is 4.26. The molecule has 2 aromatic rings. The highest BCUT2D eigenvalue weighted by molar-refractivity contribution is 5.93. The minimum atomic E-state index is -0.0357. The van der Waals surface area contributed by atoms with Gasteiger partial charge in [0, 0.05) is 57.4 Å². The summed E-state index contributed by atoms with van der Waals surface area (Å²) in [5.41, 5.74) is 2.21. The largest absolute Gasteiger partial charge is 0.336 e. The predicted octanol–water partition coefficient (Wildman–Crippen LogP) is 1.55. The Hall–Kier alpha value is -1.89. The maximum absolute atomic E-state index is 12.7. The summed E-state index contributed by atoms with van der Waals surface area (Å²) in [6, 6.07) is 8.12. The first-order valence-corrected chi connectivity index (χ1v) is 9.47. The molecular weight excluding hydrogens is 326 g/mol. The van der Waals surface area contributed by atoms with Gasteiger partial charge in [0.15, 0.2) is 0 Å². The maximum Gasteiger partial charge on any atom is 0.326 e. The number of carbonyl (C=O) groups is 1. The molecule has 0 radical (unpaired) electrons. The van der Waals surface area contributed by atoms with Gasteiger partial charge in [-0.2, -0.15) is 0 Å². The summed E-state index contributed by atoms with van der Waals surface area (Å²) in [7, 11) is 6.30. The van der Waals surface area contributed by atoms with Gasteiger partial charge in [-0.15, -0.1) is 0 Å². The number of hydrogen-bond acceptors (Lipinski definition) is 4. The van der Waals surface area contributed by atoms with E-state index in [2.05, 4.69) is 47.2 Å². The Morgan fingerprint density at radius 2 is 1.88 bits per heavy atom. The van der Waals surface area contributed by atoms with Crippen LogP contribution in [0.1, 0.15) is 5.56 Å². The number of aromatic nitrogens is 1. The number of nitrogens with one attached hydrogen (secondary N) is 1. The third-order valence-electron chi connectivity index (χ3n) is 5.14. The maximum atomic E-state index is 12.7. The van der Waals surface area contributed by atoms with E-state index in [1.807, 2.05) is 24.4 Å². The van der Waals surface area contributed by atoms with Crippen molar-refractivity contribution in [1.82, 2.24) is 24.6 Å². The molecule has 1 aromatic carbocycles. The summed E-state index contributed by atoms with van der Waals surface area (Å²) in [6.07, 6.45) is 2.94. The van der Waals surface area contributed by atoms with E-state index in [1.54, 1.807) is 4.57 Å². The van der Waals surface area contributed by atoms with Crippen molar-refractivity contribution in [3.05, 3.63) is 36.0 Å². The number of piperazine rings is 1. The second kappa shape index (κ2) is 8.66. The van der Waals surface area contributed by atoms with E-state index in [4.69, 9.17) is 0 Å². The number of benzene rings is 1. The summed E-state index contributed by atoms with van der Waals surface area (Å²) in [5.74, 6) is 0. The summed E-state index contributed by atoms with van der Waals surface area (Å²) in [4.78, 5) is 19.6. The van der Waals surface area contributed by atoms with Gasteiger partial charge < -0.3 is 15.1 Å². The lowest BCUT2D eigenvalue weighted by molar-refractivity contribution is 0.155.